The molecular formula is C17H14ClN3O2S. The van der Waals surface area contributed by atoms with Crippen molar-refractivity contribution < 1.29 is 9.59 Å². The number of carbonyl (C=O) groups excluding carboxylic acids is 2. The number of benzene rings is 1. The summed E-state index contributed by atoms with van der Waals surface area (Å²) in [5.74, 6) is -1.39. The number of aromatic nitrogens is 1. The smallest absolute Gasteiger partial charge is 0.313 e. The number of para-hydroxylation sites is 1. The molecule has 0 aliphatic rings. The normalized spacial score (nSPS) is 10.5. The van der Waals surface area contributed by atoms with Crippen LogP contribution in [-0.4, -0.2) is 23.3 Å². The molecule has 1 aromatic carbocycles. The minimum Gasteiger partial charge on any atom is -0.347 e. The topological polar surface area (TPSA) is 71.1 Å². The summed E-state index contributed by atoms with van der Waals surface area (Å²) in [4.78, 5) is 29.2. The highest BCUT2D eigenvalue weighted by atomic mass is 35.5. The lowest BCUT2D eigenvalue weighted by Crippen LogP contribution is -2.36. The number of nitrogens with one attached hydrogen (secondary N) is 2. The zero-order valence-corrected chi connectivity index (χ0v) is 14.2. The fourth-order valence-corrected chi connectivity index (χ4v) is 3.34. The molecule has 2 amide bonds. The molecule has 0 radical (unpaired) electrons. The van der Waals surface area contributed by atoms with E-state index in [1.807, 2.05) is 30.3 Å². The number of hydrogen-bond acceptors (Lipinski definition) is 4. The van der Waals surface area contributed by atoms with Crippen LogP contribution >= 0.6 is 22.9 Å². The lowest BCUT2D eigenvalue weighted by atomic mass is 10.2. The Labute approximate surface area is 147 Å². The molecule has 7 heteroatoms. The van der Waals surface area contributed by atoms with Gasteiger partial charge >= 0.3 is 11.8 Å². The molecule has 0 atom stereocenters. The monoisotopic (exact) mass is 359 g/mol. The van der Waals surface area contributed by atoms with Crippen LogP contribution in [0.15, 0.2) is 48.7 Å². The molecule has 0 unspecified atom stereocenters. The van der Waals surface area contributed by atoms with E-state index < -0.39 is 11.8 Å². The number of amides is 2. The number of carbonyl (C=O) groups is 2. The zero-order valence-electron chi connectivity index (χ0n) is 12.6. The maximum atomic E-state index is 12.0. The summed E-state index contributed by atoms with van der Waals surface area (Å²) in [6.07, 6.45) is 2.27. The van der Waals surface area contributed by atoms with Crippen molar-refractivity contribution in [3.05, 3.63) is 57.9 Å². The van der Waals surface area contributed by atoms with E-state index in [1.54, 1.807) is 18.3 Å². The largest absolute Gasteiger partial charge is 0.347 e. The third-order valence-corrected chi connectivity index (χ3v) is 4.66. The highest BCUT2D eigenvalue weighted by molar-refractivity contribution is 7.16. The van der Waals surface area contributed by atoms with Crippen LogP contribution in [0.4, 0.5) is 5.69 Å². The molecule has 2 aromatic heterocycles. The maximum absolute atomic E-state index is 12.0. The van der Waals surface area contributed by atoms with Crippen molar-refractivity contribution in [1.82, 2.24) is 10.3 Å². The van der Waals surface area contributed by atoms with Crippen LogP contribution in [0.2, 0.25) is 4.34 Å². The summed E-state index contributed by atoms with van der Waals surface area (Å²) < 4.78 is 0.706. The Balaban J connectivity index is 1.58. The number of fused-ring (bicyclic) bond motifs is 1. The van der Waals surface area contributed by atoms with Crippen molar-refractivity contribution in [2.45, 2.75) is 6.42 Å². The standard InChI is InChI=1S/C17H14ClN3O2S/c18-14-7-6-12(24-14)8-10-20-16(22)17(23)21-13-5-1-3-11-4-2-9-19-15(11)13/h1-7,9H,8,10H2,(H,20,22)(H,21,23). The van der Waals surface area contributed by atoms with Crippen LogP contribution in [0.5, 0.6) is 0 Å². The fourth-order valence-electron chi connectivity index (χ4n) is 2.25. The number of rotatable bonds is 4. The molecule has 0 aliphatic carbocycles. The van der Waals surface area contributed by atoms with E-state index in [-0.39, 0.29) is 0 Å². The molecule has 5 nitrogen and oxygen atoms in total. The van der Waals surface area contributed by atoms with Crippen LogP contribution in [-0.2, 0) is 16.0 Å². The number of pyridine rings is 1. The zero-order chi connectivity index (χ0) is 16.9. The van der Waals surface area contributed by atoms with E-state index in [9.17, 15) is 9.59 Å². The third kappa shape index (κ3) is 3.90. The first kappa shape index (κ1) is 16.4. The predicted molar refractivity (Wildman–Crippen MR) is 96.4 cm³/mol. The summed E-state index contributed by atoms with van der Waals surface area (Å²) in [6.45, 7) is 0.372. The SMILES string of the molecule is O=C(NCCc1ccc(Cl)s1)C(=O)Nc1cccc2cccnc12. The van der Waals surface area contributed by atoms with Gasteiger partial charge in [0.05, 0.1) is 15.5 Å². The van der Waals surface area contributed by atoms with E-state index in [0.717, 1.165) is 10.3 Å². The van der Waals surface area contributed by atoms with Crippen molar-refractivity contribution >= 4 is 51.3 Å². The Morgan fingerprint density at radius 1 is 1.08 bits per heavy atom. The summed E-state index contributed by atoms with van der Waals surface area (Å²) in [7, 11) is 0. The second-order valence-corrected chi connectivity index (χ2v) is 6.85. The Morgan fingerprint density at radius 3 is 2.71 bits per heavy atom. The molecule has 122 valence electrons. The quantitative estimate of drug-likeness (QED) is 0.702. The Bertz CT molecular complexity index is 889. The van der Waals surface area contributed by atoms with E-state index in [1.165, 1.54) is 11.3 Å². The van der Waals surface area contributed by atoms with Gasteiger partial charge in [0.25, 0.3) is 0 Å². The van der Waals surface area contributed by atoms with Gasteiger partial charge in [-0.25, -0.2) is 0 Å². The molecule has 2 heterocycles. The highest BCUT2D eigenvalue weighted by Crippen LogP contribution is 2.22. The van der Waals surface area contributed by atoms with Crippen LogP contribution in [0.25, 0.3) is 10.9 Å². The van der Waals surface area contributed by atoms with E-state index in [0.29, 0.717) is 28.5 Å². The van der Waals surface area contributed by atoms with Gasteiger partial charge in [-0.2, -0.15) is 0 Å². The van der Waals surface area contributed by atoms with Gasteiger partial charge in [-0.05, 0) is 30.7 Å². The number of halogens is 1. The average molecular weight is 360 g/mol. The molecule has 0 aliphatic heterocycles. The molecule has 2 N–H and O–H groups in total. The Morgan fingerprint density at radius 2 is 1.92 bits per heavy atom. The molecule has 0 bridgehead atoms. The van der Waals surface area contributed by atoms with Gasteiger partial charge < -0.3 is 10.6 Å². The highest BCUT2D eigenvalue weighted by Gasteiger charge is 2.14. The average Bonchev–Trinajstić information content (AvgIpc) is 3.00. The first-order valence-electron chi connectivity index (χ1n) is 7.30. The van der Waals surface area contributed by atoms with Crippen molar-refractivity contribution in [2.24, 2.45) is 0 Å². The summed E-state index contributed by atoms with van der Waals surface area (Å²) in [5, 5.41) is 6.10. The maximum Gasteiger partial charge on any atom is 0.313 e. The van der Waals surface area contributed by atoms with Crippen LogP contribution in [0, 0.1) is 0 Å². The van der Waals surface area contributed by atoms with Gasteiger partial charge in [0, 0.05) is 23.0 Å². The first-order chi connectivity index (χ1) is 11.6. The fraction of sp³-hybridized carbons (Fsp3) is 0.118. The lowest BCUT2D eigenvalue weighted by molar-refractivity contribution is -0.136. The summed E-state index contributed by atoms with van der Waals surface area (Å²) in [6, 6.07) is 12.8. The van der Waals surface area contributed by atoms with Crippen LogP contribution in [0.1, 0.15) is 4.88 Å². The van der Waals surface area contributed by atoms with Crippen molar-refractivity contribution in [1.29, 1.82) is 0 Å². The second-order valence-electron chi connectivity index (χ2n) is 5.05. The minimum atomic E-state index is -0.711. The summed E-state index contributed by atoms with van der Waals surface area (Å²) in [5.41, 5.74) is 1.16. The molecule has 24 heavy (non-hydrogen) atoms. The van der Waals surface area contributed by atoms with Crippen molar-refractivity contribution in [3.8, 4) is 0 Å². The van der Waals surface area contributed by atoms with E-state index in [2.05, 4.69) is 15.6 Å². The number of nitrogens with zero attached hydrogens (tertiary/aromatic N) is 1. The van der Waals surface area contributed by atoms with Gasteiger partial charge in [-0.15, -0.1) is 11.3 Å². The van der Waals surface area contributed by atoms with E-state index >= 15 is 0 Å². The molecule has 0 fully saturated rings. The molecule has 3 rings (SSSR count). The van der Waals surface area contributed by atoms with Gasteiger partial charge in [0.1, 0.15) is 0 Å². The third-order valence-electron chi connectivity index (χ3n) is 3.37. The van der Waals surface area contributed by atoms with Gasteiger partial charge in [0.15, 0.2) is 0 Å². The number of thiophene rings is 1. The molecule has 3 aromatic rings. The van der Waals surface area contributed by atoms with E-state index in [4.69, 9.17) is 11.6 Å². The first-order valence-corrected chi connectivity index (χ1v) is 8.50. The minimum absolute atomic E-state index is 0.372. The molecule has 0 saturated carbocycles. The predicted octanol–water partition coefficient (Wildman–Crippen LogP) is 3.25. The lowest BCUT2D eigenvalue weighted by Gasteiger charge is -2.08. The molecule has 0 saturated heterocycles. The molecule has 0 spiro atoms. The molecular weight excluding hydrogens is 346 g/mol. The number of anilines is 1. The Kier molecular flexibility index (Phi) is 5.08. The van der Waals surface area contributed by atoms with Crippen molar-refractivity contribution in [2.75, 3.05) is 11.9 Å². The second kappa shape index (κ2) is 7.42. The van der Waals surface area contributed by atoms with Crippen molar-refractivity contribution in [3.63, 3.8) is 0 Å². The summed E-state index contributed by atoms with van der Waals surface area (Å²) >= 11 is 7.31. The van der Waals surface area contributed by atoms with Crippen LogP contribution in [0.3, 0.4) is 0 Å². The van der Waals surface area contributed by atoms with Crippen LogP contribution < -0.4 is 10.6 Å². The van der Waals surface area contributed by atoms with Gasteiger partial charge in [0.2, 0.25) is 0 Å². The van der Waals surface area contributed by atoms with Gasteiger partial charge in [-0.1, -0.05) is 29.8 Å². The number of hydrogen-bond donors (Lipinski definition) is 2. The Hall–Kier alpha value is -2.44. The van der Waals surface area contributed by atoms with Gasteiger partial charge in [-0.3, -0.25) is 14.6 Å².